The van der Waals surface area contributed by atoms with Gasteiger partial charge in [-0.3, -0.25) is 0 Å². The molecule has 0 spiro atoms. The standard InChI is InChI=1S/C5H10BN/c1-5-3-2-4-7(5)6/h5H,2-4H2,1H3/t5-/m1/s1. The fourth-order valence-corrected chi connectivity index (χ4v) is 0.955. The third kappa shape index (κ3) is 0.971. The zero-order valence-corrected chi connectivity index (χ0v) is 4.72. The number of rotatable bonds is 0. The second kappa shape index (κ2) is 1.87. The van der Waals surface area contributed by atoms with E-state index < -0.39 is 0 Å². The highest BCUT2D eigenvalue weighted by atomic mass is 15.1. The van der Waals surface area contributed by atoms with Gasteiger partial charge in [0.2, 0.25) is 0 Å². The molecule has 1 heterocycles. The summed E-state index contributed by atoms with van der Waals surface area (Å²) in [6.45, 7) is 3.24. The Kier molecular flexibility index (Phi) is 1.38. The molecule has 0 bridgehead atoms. The molecule has 0 aromatic rings. The lowest BCUT2D eigenvalue weighted by molar-refractivity contribution is 0.449. The first-order valence-corrected chi connectivity index (χ1v) is 2.82. The Morgan fingerprint density at radius 3 is 2.57 bits per heavy atom. The van der Waals surface area contributed by atoms with Gasteiger partial charge in [-0.05, 0) is 25.4 Å². The molecular formula is C5H10BN. The van der Waals surface area contributed by atoms with Crippen molar-refractivity contribution in [1.82, 2.24) is 4.81 Å². The molecule has 0 amide bonds. The smallest absolute Gasteiger partial charge is 0.182 e. The van der Waals surface area contributed by atoms with Crippen LogP contribution in [0.15, 0.2) is 0 Å². The van der Waals surface area contributed by atoms with E-state index in [-0.39, 0.29) is 0 Å². The predicted octanol–water partition coefficient (Wildman–Crippen LogP) is 0.554. The van der Waals surface area contributed by atoms with Gasteiger partial charge in [0.15, 0.2) is 7.98 Å². The van der Waals surface area contributed by atoms with Crippen molar-refractivity contribution in [1.29, 1.82) is 0 Å². The van der Waals surface area contributed by atoms with Crippen molar-refractivity contribution in [2.45, 2.75) is 25.8 Å². The Balaban J connectivity index is 2.33. The summed E-state index contributed by atoms with van der Waals surface area (Å²) in [7, 11) is 5.51. The number of hydrogen-bond acceptors (Lipinski definition) is 1. The predicted molar refractivity (Wildman–Crippen MR) is 31.2 cm³/mol. The normalized spacial score (nSPS) is 34.1. The lowest BCUT2D eigenvalue weighted by atomic mass is 10.2. The SMILES string of the molecule is [B]N1CCC[C@H]1C. The molecule has 7 heavy (non-hydrogen) atoms. The summed E-state index contributed by atoms with van der Waals surface area (Å²) in [5, 5.41) is 0. The van der Waals surface area contributed by atoms with Crippen LogP contribution in [0.2, 0.25) is 0 Å². The zero-order chi connectivity index (χ0) is 5.28. The van der Waals surface area contributed by atoms with Crippen molar-refractivity contribution < 1.29 is 0 Å². The van der Waals surface area contributed by atoms with Gasteiger partial charge < -0.3 is 4.81 Å². The van der Waals surface area contributed by atoms with Crippen LogP contribution in [0, 0.1) is 0 Å². The third-order valence-electron chi connectivity index (χ3n) is 1.60. The molecular weight excluding hydrogens is 84.9 g/mol. The van der Waals surface area contributed by atoms with E-state index in [0.717, 1.165) is 6.54 Å². The molecule has 0 aromatic heterocycles. The van der Waals surface area contributed by atoms with E-state index in [1.54, 1.807) is 0 Å². The van der Waals surface area contributed by atoms with Crippen LogP contribution in [-0.2, 0) is 0 Å². The second-order valence-electron chi connectivity index (χ2n) is 2.23. The molecule has 0 unspecified atom stereocenters. The first-order chi connectivity index (χ1) is 3.30. The van der Waals surface area contributed by atoms with Crippen LogP contribution < -0.4 is 0 Å². The fraction of sp³-hybridized carbons (Fsp3) is 1.00. The number of hydrogen-bond donors (Lipinski definition) is 0. The average molecular weight is 95.0 g/mol. The van der Waals surface area contributed by atoms with E-state index in [0.29, 0.717) is 6.04 Å². The molecule has 2 radical (unpaired) electrons. The summed E-state index contributed by atoms with van der Waals surface area (Å²) in [6.07, 6.45) is 2.55. The quantitative estimate of drug-likeness (QED) is 0.397. The molecule has 0 aromatic carbocycles. The summed E-state index contributed by atoms with van der Waals surface area (Å²) in [5.74, 6) is 0. The van der Waals surface area contributed by atoms with Crippen LogP contribution in [0.3, 0.4) is 0 Å². The topological polar surface area (TPSA) is 3.24 Å². The van der Waals surface area contributed by atoms with Crippen LogP contribution in [0.5, 0.6) is 0 Å². The summed E-state index contributed by atoms with van der Waals surface area (Å²) in [4.78, 5) is 1.90. The summed E-state index contributed by atoms with van der Waals surface area (Å²) >= 11 is 0. The molecule has 0 N–H and O–H groups in total. The zero-order valence-electron chi connectivity index (χ0n) is 4.72. The van der Waals surface area contributed by atoms with Gasteiger partial charge in [0.05, 0.1) is 0 Å². The molecule has 2 heteroatoms. The highest BCUT2D eigenvalue weighted by molar-refractivity contribution is 6.04. The summed E-state index contributed by atoms with van der Waals surface area (Å²) in [5.41, 5.74) is 0. The van der Waals surface area contributed by atoms with Crippen molar-refractivity contribution in [2.24, 2.45) is 0 Å². The van der Waals surface area contributed by atoms with Gasteiger partial charge >= 0.3 is 0 Å². The van der Waals surface area contributed by atoms with Gasteiger partial charge in [-0.2, -0.15) is 0 Å². The molecule has 1 atom stereocenters. The third-order valence-corrected chi connectivity index (χ3v) is 1.60. The first kappa shape index (κ1) is 5.17. The highest BCUT2D eigenvalue weighted by Crippen LogP contribution is 2.11. The molecule has 1 rings (SSSR count). The van der Waals surface area contributed by atoms with Crippen LogP contribution in [0.4, 0.5) is 0 Å². The van der Waals surface area contributed by atoms with Gasteiger partial charge in [-0.1, -0.05) is 6.92 Å². The van der Waals surface area contributed by atoms with Gasteiger partial charge in [0.1, 0.15) is 0 Å². The van der Waals surface area contributed by atoms with Gasteiger partial charge in [-0.25, -0.2) is 0 Å². The Labute approximate surface area is 46.1 Å². The molecule has 1 nitrogen and oxygen atoms in total. The molecule has 1 aliphatic heterocycles. The summed E-state index contributed by atoms with van der Waals surface area (Å²) < 4.78 is 0. The van der Waals surface area contributed by atoms with Gasteiger partial charge in [0.25, 0.3) is 0 Å². The average Bonchev–Trinajstić information content (AvgIpc) is 1.91. The second-order valence-corrected chi connectivity index (χ2v) is 2.23. The Hall–Kier alpha value is 0.0249. The van der Waals surface area contributed by atoms with E-state index in [1.165, 1.54) is 12.8 Å². The van der Waals surface area contributed by atoms with E-state index in [9.17, 15) is 0 Å². The molecule has 38 valence electrons. The maximum atomic E-state index is 5.51. The Morgan fingerprint density at radius 2 is 2.43 bits per heavy atom. The van der Waals surface area contributed by atoms with Gasteiger partial charge in [0, 0.05) is 0 Å². The van der Waals surface area contributed by atoms with Crippen molar-refractivity contribution >= 4 is 7.98 Å². The molecule has 0 aliphatic carbocycles. The fourth-order valence-electron chi connectivity index (χ4n) is 0.955. The van der Waals surface area contributed by atoms with E-state index in [2.05, 4.69) is 6.92 Å². The minimum atomic E-state index is 0.625. The van der Waals surface area contributed by atoms with Crippen molar-refractivity contribution in [3.05, 3.63) is 0 Å². The maximum absolute atomic E-state index is 5.51. The molecule has 1 aliphatic rings. The van der Waals surface area contributed by atoms with Crippen LogP contribution in [-0.4, -0.2) is 25.4 Å². The van der Waals surface area contributed by atoms with E-state index in [1.807, 2.05) is 4.81 Å². The maximum Gasteiger partial charge on any atom is 0.182 e. The largest absolute Gasteiger partial charge is 0.351 e. The highest BCUT2D eigenvalue weighted by Gasteiger charge is 2.13. The lowest BCUT2D eigenvalue weighted by Crippen LogP contribution is -2.22. The lowest BCUT2D eigenvalue weighted by Gasteiger charge is -2.12. The van der Waals surface area contributed by atoms with Gasteiger partial charge in [-0.15, -0.1) is 0 Å². The van der Waals surface area contributed by atoms with Crippen molar-refractivity contribution in [3.63, 3.8) is 0 Å². The van der Waals surface area contributed by atoms with E-state index in [4.69, 9.17) is 7.98 Å². The van der Waals surface area contributed by atoms with E-state index >= 15 is 0 Å². The van der Waals surface area contributed by atoms with Crippen molar-refractivity contribution in [3.8, 4) is 0 Å². The molecule has 1 fully saturated rings. The van der Waals surface area contributed by atoms with Crippen LogP contribution in [0.1, 0.15) is 19.8 Å². The van der Waals surface area contributed by atoms with Crippen LogP contribution in [0.25, 0.3) is 0 Å². The minimum Gasteiger partial charge on any atom is -0.351 e. The Morgan fingerprint density at radius 1 is 1.71 bits per heavy atom. The molecule has 1 saturated heterocycles. The molecule has 0 saturated carbocycles. The van der Waals surface area contributed by atoms with Crippen LogP contribution >= 0.6 is 0 Å². The monoisotopic (exact) mass is 95.1 g/mol. The van der Waals surface area contributed by atoms with Crippen molar-refractivity contribution in [2.75, 3.05) is 6.54 Å². The summed E-state index contributed by atoms with van der Waals surface area (Å²) in [6, 6.07) is 0.625. The Bertz CT molecular complexity index is 57.1. The minimum absolute atomic E-state index is 0.625. The first-order valence-electron chi connectivity index (χ1n) is 2.82. The number of nitrogens with zero attached hydrogens (tertiary/aromatic N) is 1.